The van der Waals surface area contributed by atoms with Crippen LogP contribution in [0.3, 0.4) is 0 Å². The van der Waals surface area contributed by atoms with E-state index in [2.05, 4.69) is 9.97 Å². The molecule has 128 valence electrons. The standard InChI is InChI=1S/C18H18N4O3/c23-17-11-25-16-10-21(18(24)14-6-19-12-20-7-14)9-15(16)22(17)8-13-4-2-1-3-5-13/h1-7,12,15-16H,8-11H2/t15-,16+/m1/s1. The molecule has 1 aromatic heterocycles. The topological polar surface area (TPSA) is 75.6 Å². The van der Waals surface area contributed by atoms with Crippen molar-refractivity contribution in [3.63, 3.8) is 0 Å². The molecule has 2 fully saturated rings. The second kappa shape index (κ2) is 6.60. The van der Waals surface area contributed by atoms with Crippen LogP contribution in [0.5, 0.6) is 0 Å². The number of ether oxygens (including phenoxy) is 1. The van der Waals surface area contributed by atoms with Gasteiger partial charge in [0.2, 0.25) is 5.91 Å². The first kappa shape index (κ1) is 15.7. The Bertz CT molecular complexity index is 768. The smallest absolute Gasteiger partial charge is 0.257 e. The minimum Gasteiger partial charge on any atom is -0.364 e. The zero-order chi connectivity index (χ0) is 17.2. The molecule has 2 aromatic rings. The van der Waals surface area contributed by atoms with Gasteiger partial charge in [-0.3, -0.25) is 9.59 Å². The summed E-state index contributed by atoms with van der Waals surface area (Å²) in [6, 6.07) is 9.73. The van der Waals surface area contributed by atoms with E-state index >= 15 is 0 Å². The highest BCUT2D eigenvalue weighted by Gasteiger charge is 2.44. The van der Waals surface area contributed by atoms with E-state index in [1.807, 2.05) is 35.2 Å². The second-order valence-electron chi connectivity index (χ2n) is 6.26. The number of carbonyl (C=O) groups excluding carboxylic acids is 2. The maximum atomic E-state index is 12.6. The van der Waals surface area contributed by atoms with Crippen LogP contribution in [0, 0.1) is 0 Å². The van der Waals surface area contributed by atoms with Gasteiger partial charge >= 0.3 is 0 Å². The fourth-order valence-electron chi connectivity index (χ4n) is 3.41. The van der Waals surface area contributed by atoms with E-state index in [9.17, 15) is 9.59 Å². The molecular formula is C18H18N4O3. The first-order valence-corrected chi connectivity index (χ1v) is 8.21. The monoisotopic (exact) mass is 338 g/mol. The zero-order valence-corrected chi connectivity index (χ0v) is 13.6. The summed E-state index contributed by atoms with van der Waals surface area (Å²) in [7, 11) is 0. The highest BCUT2D eigenvalue weighted by atomic mass is 16.5. The summed E-state index contributed by atoms with van der Waals surface area (Å²) >= 11 is 0. The SMILES string of the molecule is O=C(c1cncnc1)N1C[C@@H]2OCC(=O)N(Cc3ccccc3)[C@@H]2C1. The lowest BCUT2D eigenvalue weighted by Crippen LogP contribution is -2.53. The highest BCUT2D eigenvalue weighted by Crippen LogP contribution is 2.26. The van der Waals surface area contributed by atoms with Crippen LogP contribution in [0.2, 0.25) is 0 Å². The number of carbonyl (C=O) groups is 2. The molecule has 2 atom stereocenters. The van der Waals surface area contributed by atoms with E-state index in [0.717, 1.165) is 5.56 Å². The number of rotatable bonds is 3. The number of hydrogen-bond donors (Lipinski definition) is 0. The Morgan fingerprint density at radius 2 is 1.92 bits per heavy atom. The van der Waals surface area contributed by atoms with E-state index in [1.54, 1.807) is 4.90 Å². The number of nitrogens with zero attached hydrogens (tertiary/aromatic N) is 4. The Kier molecular flexibility index (Phi) is 4.15. The van der Waals surface area contributed by atoms with Gasteiger partial charge in [0.05, 0.1) is 17.7 Å². The summed E-state index contributed by atoms with van der Waals surface area (Å²) < 4.78 is 5.68. The molecule has 0 unspecified atom stereocenters. The molecule has 0 spiro atoms. The third kappa shape index (κ3) is 3.10. The number of likely N-dealkylation sites (tertiary alicyclic amines) is 1. The van der Waals surface area contributed by atoms with Gasteiger partial charge in [-0.05, 0) is 5.56 Å². The van der Waals surface area contributed by atoms with Crippen molar-refractivity contribution in [2.24, 2.45) is 0 Å². The minimum absolute atomic E-state index is 0.0394. The van der Waals surface area contributed by atoms with Crippen LogP contribution in [0.1, 0.15) is 15.9 Å². The Hall–Kier alpha value is -2.80. The normalized spacial score (nSPS) is 22.8. The van der Waals surface area contributed by atoms with Crippen molar-refractivity contribution >= 4 is 11.8 Å². The molecule has 1 aromatic carbocycles. The van der Waals surface area contributed by atoms with Crippen LogP contribution in [-0.2, 0) is 16.1 Å². The molecule has 7 nitrogen and oxygen atoms in total. The first-order valence-electron chi connectivity index (χ1n) is 8.21. The quantitative estimate of drug-likeness (QED) is 0.825. The van der Waals surface area contributed by atoms with Crippen molar-refractivity contribution in [1.82, 2.24) is 19.8 Å². The average Bonchev–Trinajstić information content (AvgIpc) is 3.10. The van der Waals surface area contributed by atoms with Crippen LogP contribution in [0.4, 0.5) is 0 Å². The molecule has 0 N–H and O–H groups in total. The summed E-state index contributed by atoms with van der Waals surface area (Å²) in [4.78, 5) is 36.3. The Labute approximate surface area is 145 Å². The van der Waals surface area contributed by atoms with Gasteiger partial charge in [-0.2, -0.15) is 0 Å². The fourth-order valence-corrected chi connectivity index (χ4v) is 3.41. The van der Waals surface area contributed by atoms with Crippen molar-refractivity contribution in [1.29, 1.82) is 0 Å². The molecule has 0 saturated carbocycles. The van der Waals surface area contributed by atoms with E-state index in [1.165, 1.54) is 18.7 Å². The first-order chi connectivity index (χ1) is 12.2. The molecule has 4 rings (SSSR count). The van der Waals surface area contributed by atoms with Crippen LogP contribution in [-0.4, -0.2) is 63.4 Å². The average molecular weight is 338 g/mol. The minimum atomic E-state index is -0.157. The van der Waals surface area contributed by atoms with Gasteiger partial charge in [-0.15, -0.1) is 0 Å². The van der Waals surface area contributed by atoms with Gasteiger partial charge in [0.25, 0.3) is 5.91 Å². The molecule has 7 heteroatoms. The molecular weight excluding hydrogens is 320 g/mol. The van der Waals surface area contributed by atoms with Gasteiger partial charge < -0.3 is 14.5 Å². The zero-order valence-electron chi connectivity index (χ0n) is 13.6. The predicted octanol–water partition coefficient (Wildman–Crippen LogP) is 0.729. The number of hydrogen-bond acceptors (Lipinski definition) is 5. The summed E-state index contributed by atoms with van der Waals surface area (Å²) in [5, 5.41) is 0. The van der Waals surface area contributed by atoms with Gasteiger partial charge in [0.1, 0.15) is 12.9 Å². The highest BCUT2D eigenvalue weighted by molar-refractivity contribution is 5.94. The maximum absolute atomic E-state index is 12.6. The van der Waals surface area contributed by atoms with E-state index in [4.69, 9.17) is 4.74 Å². The molecule has 2 saturated heterocycles. The third-order valence-corrected chi connectivity index (χ3v) is 4.67. The van der Waals surface area contributed by atoms with Crippen molar-refractivity contribution in [3.05, 3.63) is 60.2 Å². The summed E-state index contributed by atoms with van der Waals surface area (Å²) in [5.74, 6) is -0.173. The second-order valence-corrected chi connectivity index (χ2v) is 6.26. The summed E-state index contributed by atoms with van der Waals surface area (Å²) in [6.45, 7) is 1.51. The van der Waals surface area contributed by atoms with Crippen LogP contribution < -0.4 is 0 Å². The molecule has 0 aliphatic carbocycles. The summed E-state index contributed by atoms with van der Waals surface area (Å²) in [6.07, 6.45) is 4.25. The number of fused-ring (bicyclic) bond motifs is 1. The number of aromatic nitrogens is 2. The van der Waals surface area contributed by atoms with E-state index in [-0.39, 0.29) is 30.6 Å². The van der Waals surface area contributed by atoms with Crippen molar-refractivity contribution in [2.75, 3.05) is 19.7 Å². The molecule has 2 amide bonds. The molecule has 2 aliphatic rings. The summed E-state index contributed by atoms with van der Waals surface area (Å²) in [5.41, 5.74) is 1.51. The lowest BCUT2D eigenvalue weighted by Gasteiger charge is -2.36. The maximum Gasteiger partial charge on any atom is 0.257 e. The van der Waals surface area contributed by atoms with Crippen molar-refractivity contribution < 1.29 is 14.3 Å². The molecule has 25 heavy (non-hydrogen) atoms. The van der Waals surface area contributed by atoms with Gasteiger partial charge in [0, 0.05) is 32.0 Å². The molecule has 0 bridgehead atoms. The number of morpholine rings is 1. The number of benzene rings is 1. The molecule has 2 aliphatic heterocycles. The molecule has 0 radical (unpaired) electrons. The Balaban J connectivity index is 1.52. The molecule has 3 heterocycles. The third-order valence-electron chi connectivity index (χ3n) is 4.67. The van der Waals surface area contributed by atoms with Gasteiger partial charge in [-0.25, -0.2) is 9.97 Å². The lowest BCUT2D eigenvalue weighted by atomic mass is 10.1. The lowest BCUT2D eigenvalue weighted by molar-refractivity contribution is -0.153. The van der Waals surface area contributed by atoms with E-state index in [0.29, 0.717) is 25.2 Å². The van der Waals surface area contributed by atoms with Gasteiger partial charge in [-0.1, -0.05) is 30.3 Å². The Morgan fingerprint density at radius 1 is 1.16 bits per heavy atom. The van der Waals surface area contributed by atoms with E-state index < -0.39 is 0 Å². The van der Waals surface area contributed by atoms with Crippen LogP contribution in [0.15, 0.2) is 49.1 Å². The fraction of sp³-hybridized carbons (Fsp3) is 0.333. The van der Waals surface area contributed by atoms with Crippen molar-refractivity contribution in [2.45, 2.75) is 18.7 Å². The van der Waals surface area contributed by atoms with Crippen LogP contribution in [0.25, 0.3) is 0 Å². The Morgan fingerprint density at radius 3 is 2.68 bits per heavy atom. The van der Waals surface area contributed by atoms with Gasteiger partial charge in [0.15, 0.2) is 0 Å². The van der Waals surface area contributed by atoms with Crippen molar-refractivity contribution in [3.8, 4) is 0 Å². The largest absolute Gasteiger partial charge is 0.364 e. The predicted molar refractivity (Wildman–Crippen MR) is 88.5 cm³/mol. The van der Waals surface area contributed by atoms with Crippen LogP contribution >= 0.6 is 0 Å². The number of amides is 2.